The second-order valence-electron chi connectivity index (χ2n) is 10.9. The molecule has 0 saturated carbocycles. The van der Waals surface area contributed by atoms with E-state index in [4.69, 9.17) is 4.52 Å². The minimum absolute atomic E-state index is 0.0698. The quantitative estimate of drug-likeness (QED) is 0.432. The van der Waals surface area contributed by atoms with Gasteiger partial charge in [-0.1, -0.05) is 62.3 Å². The van der Waals surface area contributed by atoms with Crippen LogP contribution < -0.4 is 5.32 Å². The number of nitrogens with zero attached hydrogens (tertiary/aromatic N) is 4. The van der Waals surface area contributed by atoms with Gasteiger partial charge >= 0.3 is 0 Å². The first-order valence-corrected chi connectivity index (χ1v) is 13.5. The molecule has 0 spiro atoms. The molecule has 1 aromatic heterocycles. The molecule has 2 heterocycles. The van der Waals surface area contributed by atoms with Crippen molar-refractivity contribution in [2.45, 2.75) is 59.4 Å². The lowest BCUT2D eigenvalue weighted by atomic mass is 9.87. The number of rotatable bonds is 8. The number of likely N-dealkylation sites (tertiary alicyclic amines) is 1. The van der Waals surface area contributed by atoms with Gasteiger partial charge in [0.15, 0.2) is 0 Å². The van der Waals surface area contributed by atoms with Crippen molar-refractivity contribution in [2.75, 3.05) is 31.5 Å². The Bertz CT molecular complexity index is 1240. The van der Waals surface area contributed by atoms with E-state index < -0.39 is 0 Å². The molecule has 1 aliphatic heterocycles. The van der Waals surface area contributed by atoms with Gasteiger partial charge in [0.05, 0.1) is 23.7 Å². The lowest BCUT2D eigenvalue weighted by Gasteiger charge is -2.31. The van der Waals surface area contributed by atoms with Crippen LogP contribution in [0.15, 0.2) is 53.1 Å². The second kappa shape index (κ2) is 11.9. The fourth-order valence-electron chi connectivity index (χ4n) is 4.85. The number of aromatic nitrogens is 2. The number of nitrogens with one attached hydrogen (secondary N) is 1. The third-order valence-electron chi connectivity index (χ3n) is 7.18. The van der Waals surface area contributed by atoms with Crippen molar-refractivity contribution in [3.05, 3.63) is 65.5 Å². The highest BCUT2D eigenvalue weighted by Crippen LogP contribution is 2.26. The largest absolute Gasteiger partial charge is 0.339 e. The van der Waals surface area contributed by atoms with Crippen molar-refractivity contribution in [3.8, 4) is 11.4 Å². The van der Waals surface area contributed by atoms with E-state index in [-0.39, 0.29) is 23.1 Å². The average Bonchev–Trinajstić information content (AvgIpc) is 3.38. The molecule has 1 saturated heterocycles. The Balaban J connectivity index is 1.38. The molecule has 3 aromatic rings. The first-order valence-electron chi connectivity index (χ1n) is 13.5. The molecular weight excluding hydrogens is 478 g/mol. The highest BCUT2D eigenvalue weighted by molar-refractivity contribution is 6.04. The van der Waals surface area contributed by atoms with E-state index >= 15 is 0 Å². The van der Waals surface area contributed by atoms with Crippen molar-refractivity contribution >= 4 is 17.5 Å². The van der Waals surface area contributed by atoms with Gasteiger partial charge in [-0.2, -0.15) is 4.98 Å². The van der Waals surface area contributed by atoms with E-state index in [0.29, 0.717) is 49.1 Å². The molecule has 202 valence electrons. The molecular formula is C30H39N5O3. The highest BCUT2D eigenvalue weighted by atomic mass is 16.5. The lowest BCUT2D eigenvalue weighted by molar-refractivity contribution is -0.121. The number of carbonyl (C=O) groups excluding carboxylic acids is 2. The molecule has 0 aliphatic carbocycles. The Labute approximate surface area is 225 Å². The van der Waals surface area contributed by atoms with Crippen molar-refractivity contribution in [1.29, 1.82) is 0 Å². The number of hydrogen-bond acceptors (Lipinski definition) is 6. The van der Waals surface area contributed by atoms with Crippen molar-refractivity contribution < 1.29 is 14.1 Å². The van der Waals surface area contributed by atoms with Gasteiger partial charge in [0.2, 0.25) is 17.6 Å². The Morgan fingerprint density at radius 3 is 2.47 bits per heavy atom. The summed E-state index contributed by atoms with van der Waals surface area (Å²) in [4.78, 5) is 34.7. The summed E-state index contributed by atoms with van der Waals surface area (Å²) < 4.78 is 5.55. The highest BCUT2D eigenvalue weighted by Gasteiger charge is 2.28. The predicted octanol–water partition coefficient (Wildman–Crippen LogP) is 5.37. The number of amides is 2. The van der Waals surface area contributed by atoms with E-state index in [1.807, 2.05) is 38.1 Å². The van der Waals surface area contributed by atoms with E-state index in [0.717, 1.165) is 24.9 Å². The Kier molecular flexibility index (Phi) is 8.62. The van der Waals surface area contributed by atoms with Gasteiger partial charge in [0, 0.05) is 25.2 Å². The van der Waals surface area contributed by atoms with Crippen LogP contribution in [0.2, 0.25) is 0 Å². The van der Waals surface area contributed by atoms with Crippen molar-refractivity contribution in [1.82, 2.24) is 19.9 Å². The van der Waals surface area contributed by atoms with Gasteiger partial charge in [-0.15, -0.1) is 0 Å². The number of anilines is 1. The third-order valence-corrected chi connectivity index (χ3v) is 7.18. The molecule has 1 atom stereocenters. The van der Waals surface area contributed by atoms with Gasteiger partial charge < -0.3 is 14.7 Å². The van der Waals surface area contributed by atoms with E-state index in [2.05, 4.69) is 53.3 Å². The number of para-hydroxylation sites is 1. The Morgan fingerprint density at radius 2 is 1.79 bits per heavy atom. The number of piperidine rings is 1. The first kappa shape index (κ1) is 27.5. The van der Waals surface area contributed by atoms with Gasteiger partial charge in [-0.05, 0) is 56.3 Å². The van der Waals surface area contributed by atoms with Gasteiger partial charge in [-0.3, -0.25) is 14.5 Å². The monoisotopic (exact) mass is 517 g/mol. The first-order chi connectivity index (χ1) is 18.2. The molecule has 2 amide bonds. The summed E-state index contributed by atoms with van der Waals surface area (Å²) in [5.74, 6) is 0.779. The summed E-state index contributed by atoms with van der Waals surface area (Å²) in [5, 5.41) is 7.20. The fourth-order valence-corrected chi connectivity index (χ4v) is 4.85. The molecule has 8 nitrogen and oxygen atoms in total. The van der Waals surface area contributed by atoms with Crippen LogP contribution in [0.4, 0.5) is 5.69 Å². The SMILES string of the molecule is CCN(CC)C(=O)c1ccccc1NC(=O)C1CCCN(Cc2nc(-c3ccc(C(C)(C)C)cc3)no2)C1. The van der Waals surface area contributed by atoms with Crippen LogP contribution >= 0.6 is 0 Å². The van der Waals surface area contributed by atoms with Crippen LogP contribution in [0.25, 0.3) is 11.4 Å². The van der Waals surface area contributed by atoms with E-state index in [1.165, 1.54) is 5.56 Å². The maximum absolute atomic E-state index is 13.2. The van der Waals surface area contributed by atoms with Crippen LogP contribution in [0.1, 0.15) is 69.3 Å². The maximum Gasteiger partial charge on any atom is 0.255 e. The molecule has 1 N–H and O–H groups in total. The molecule has 1 aliphatic rings. The van der Waals surface area contributed by atoms with Crippen molar-refractivity contribution in [3.63, 3.8) is 0 Å². The van der Waals surface area contributed by atoms with Gasteiger partial charge in [0.1, 0.15) is 0 Å². The average molecular weight is 518 g/mol. The number of hydrogen-bond donors (Lipinski definition) is 1. The molecule has 8 heteroatoms. The van der Waals surface area contributed by atoms with Crippen LogP contribution in [0.3, 0.4) is 0 Å². The molecule has 2 aromatic carbocycles. The normalized spacial score (nSPS) is 16.3. The second-order valence-corrected chi connectivity index (χ2v) is 10.9. The predicted molar refractivity (Wildman–Crippen MR) is 149 cm³/mol. The standard InChI is InChI=1S/C30H39N5O3/c1-6-35(7-2)29(37)24-12-8-9-13-25(24)31-28(36)22-11-10-18-34(19-22)20-26-32-27(33-38-26)21-14-16-23(17-15-21)30(3,4)5/h8-9,12-17,22H,6-7,10-11,18-20H2,1-5H3,(H,31,36). The van der Waals surface area contributed by atoms with E-state index in [9.17, 15) is 9.59 Å². The summed E-state index contributed by atoms with van der Waals surface area (Å²) >= 11 is 0. The Morgan fingerprint density at radius 1 is 1.08 bits per heavy atom. The smallest absolute Gasteiger partial charge is 0.255 e. The van der Waals surface area contributed by atoms with Gasteiger partial charge in [0.25, 0.3) is 5.91 Å². The zero-order chi connectivity index (χ0) is 27.3. The minimum Gasteiger partial charge on any atom is -0.339 e. The lowest BCUT2D eigenvalue weighted by Crippen LogP contribution is -2.40. The molecule has 0 radical (unpaired) electrons. The van der Waals surface area contributed by atoms with Crippen LogP contribution in [-0.4, -0.2) is 57.9 Å². The van der Waals surface area contributed by atoms with Crippen molar-refractivity contribution in [2.24, 2.45) is 5.92 Å². The summed E-state index contributed by atoms with van der Waals surface area (Å²) in [6.07, 6.45) is 1.69. The summed E-state index contributed by atoms with van der Waals surface area (Å²) in [5.41, 5.74) is 3.34. The third kappa shape index (κ3) is 6.48. The van der Waals surface area contributed by atoms with Crippen LogP contribution in [-0.2, 0) is 16.8 Å². The molecule has 1 fully saturated rings. The number of benzene rings is 2. The fraction of sp³-hybridized carbons (Fsp3) is 0.467. The van der Waals surface area contributed by atoms with Crippen LogP contribution in [0.5, 0.6) is 0 Å². The zero-order valence-corrected chi connectivity index (χ0v) is 23.2. The topological polar surface area (TPSA) is 91.6 Å². The molecule has 4 rings (SSSR count). The Hall–Kier alpha value is -3.52. The summed E-state index contributed by atoms with van der Waals surface area (Å²) in [6, 6.07) is 15.5. The van der Waals surface area contributed by atoms with Crippen LogP contribution in [0, 0.1) is 5.92 Å². The van der Waals surface area contributed by atoms with Gasteiger partial charge in [-0.25, -0.2) is 0 Å². The van der Waals surface area contributed by atoms with E-state index in [1.54, 1.807) is 17.0 Å². The maximum atomic E-state index is 13.2. The summed E-state index contributed by atoms with van der Waals surface area (Å²) in [7, 11) is 0. The molecule has 38 heavy (non-hydrogen) atoms. The minimum atomic E-state index is -0.187. The zero-order valence-electron chi connectivity index (χ0n) is 23.2. The summed E-state index contributed by atoms with van der Waals surface area (Å²) in [6.45, 7) is 13.6. The molecule has 0 bridgehead atoms. The number of carbonyl (C=O) groups is 2. The molecule has 1 unspecified atom stereocenters.